The normalized spacial score (nSPS) is 12.6. The summed E-state index contributed by atoms with van der Waals surface area (Å²) in [6.07, 6.45) is -5.43. The Morgan fingerprint density at radius 3 is 2.28 bits per heavy atom. The molecule has 1 aromatic heterocycles. The maximum atomic E-state index is 12.6. The maximum absolute atomic E-state index is 12.6. The van der Waals surface area contributed by atoms with Crippen molar-refractivity contribution < 1.29 is 26.7 Å². The van der Waals surface area contributed by atoms with Crippen LogP contribution in [0, 0.1) is 6.92 Å². The fourth-order valence-corrected chi connectivity index (χ4v) is 2.01. The molecule has 0 aliphatic rings. The number of nitrogens with zero attached hydrogens (tertiary/aromatic N) is 1. The summed E-state index contributed by atoms with van der Waals surface area (Å²) in [5, 5.41) is 1.22. The van der Waals surface area contributed by atoms with E-state index in [2.05, 4.69) is 4.98 Å². The number of aromatic nitrogens is 1. The van der Waals surface area contributed by atoms with Gasteiger partial charge in [0, 0.05) is 4.88 Å². The molecule has 102 valence electrons. The van der Waals surface area contributed by atoms with E-state index in [1.165, 1.54) is 5.32 Å². The molecule has 0 aliphatic heterocycles. The molecule has 0 saturated heterocycles. The number of anilines is 1. The number of carbonyl (C=O) groups excluding carboxylic acids is 1. The van der Waals surface area contributed by atoms with Gasteiger partial charge in [-0.15, -0.1) is 11.3 Å². The third kappa shape index (κ3) is 2.77. The van der Waals surface area contributed by atoms with E-state index in [1.807, 2.05) is 0 Å². The first-order chi connectivity index (χ1) is 8.09. The largest absolute Gasteiger partial charge is 0.463 e. The second-order valence-electron chi connectivity index (χ2n) is 3.40. The first-order valence-electron chi connectivity index (χ1n) is 4.82. The minimum absolute atomic E-state index is 0.265. The SMILES string of the molecule is CCc1nc(NC(=O)C(F)(F)C(F)(F)F)sc1C. The van der Waals surface area contributed by atoms with Crippen molar-refractivity contribution in [3.63, 3.8) is 0 Å². The summed E-state index contributed by atoms with van der Waals surface area (Å²) in [6, 6.07) is 0. The molecular formula is C9H9F5N2OS. The van der Waals surface area contributed by atoms with Crippen molar-refractivity contribution >= 4 is 22.4 Å². The van der Waals surface area contributed by atoms with Crippen molar-refractivity contribution in [1.29, 1.82) is 0 Å². The topological polar surface area (TPSA) is 42.0 Å². The van der Waals surface area contributed by atoms with E-state index in [0.717, 1.165) is 11.3 Å². The third-order valence-electron chi connectivity index (χ3n) is 2.09. The van der Waals surface area contributed by atoms with Crippen LogP contribution in [-0.4, -0.2) is 23.0 Å². The number of carbonyl (C=O) groups is 1. The van der Waals surface area contributed by atoms with Crippen LogP contribution < -0.4 is 5.32 Å². The van der Waals surface area contributed by atoms with Gasteiger partial charge in [-0.3, -0.25) is 10.1 Å². The Morgan fingerprint density at radius 2 is 1.89 bits per heavy atom. The molecule has 0 atom stereocenters. The van der Waals surface area contributed by atoms with E-state index < -0.39 is 18.0 Å². The van der Waals surface area contributed by atoms with E-state index in [0.29, 0.717) is 17.0 Å². The molecule has 9 heteroatoms. The van der Waals surface area contributed by atoms with Gasteiger partial charge in [0.25, 0.3) is 0 Å². The molecule has 0 spiro atoms. The van der Waals surface area contributed by atoms with Gasteiger partial charge in [-0.25, -0.2) is 4.98 Å². The fraction of sp³-hybridized carbons (Fsp3) is 0.556. The highest BCUT2D eigenvalue weighted by Crippen LogP contribution is 2.36. The maximum Gasteiger partial charge on any atom is 0.463 e. The highest BCUT2D eigenvalue weighted by Gasteiger charge is 2.63. The van der Waals surface area contributed by atoms with Gasteiger partial charge in [0.05, 0.1) is 5.69 Å². The van der Waals surface area contributed by atoms with E-state index in [4.69, 9.17) is 0 Å². The zero-order valence-corrected chi connectivity index (χ0v) is 10.2. The van der Waals surface area contributed by atoms with Gasteiger partial charge in [0.2, 0.25) is 0 Å². The molecule has 0 saturated carbocycles. The molecule has 1 amide bonds. The summed E-state index contributed by atoms with van der Waals surface area (Å²) in [4.78, 5) is 15.3. The van der Waals surface area contributed by atoms with Crippen LogP contribution in [0.1, 0.15) is 17.5 Å². The van der Waals surface area contributed by atoms with Crippen molar-refractivity contribution in [3.8, 4) is 0 Å². The van der Waals surface area contributed by atoms with Crippen LogP contribution in [0.15, 0.2) is 0 Å². The van der Waals surface area contributed by atoms with Crippen LogP contribution in [0.2, 0.25) is 0 Å². The van der Waals surface area contributed by atoms with E-state index in [9.17, 15) is 26.7 Å². The predicted molar refractivity (Wildman–Crippen MR) is 55.9 cm³/mol. The molecule has 1 aromatic rings. The van der Waals surface area contributed by atoms with Gasteiger partial charge < -0.3 is 0 Å². The van der Waals surface area contributed by atoms with Crippen LogP contribution in [0.3, 0.4) is 0 Å². The van der Waals surface area contributed by atoms with Crippen molar-refractivity contribution in [2.75, 3.05) is 5.32 Å². The lowest BCUT2D eigenvalue weighted by Gasteiger charge is -2.17. The van der Waals surface area contributed by atoms with E-state index in [1.54, 1.807) is 13.8 Å². The quantitative estimate of drug-likeness (QED) is 0.868. The average Bonchev–Trinajstić information content (AvgIpc) is 2.56. The van der Waals surface area contributed by atoms with Crippen molar-refractivity contribution in [2.45, 2.75) is 32.4 Å². The van der Waals surface area contributed by atoms with Crippen LogP contribution in [0.4, 0.5) is 27.1 Å². The van der Waals surface area contributed by atoms with Crippen LogP contribution in [-0.2, 0) is 11.2 Å². The molecule has 3 nitrogen and oxygen atoms in total. The standard InChI is InChI=1S/C9H9F5N2OS/c1-3-5-4(2)18-7(15-5)16-6(17)8(10,11)9(12,13)14/h3H2,1-2H3,(H,15,16,17). The molecule has 0 radical (unpaired) electrons. The lowest BCUT2D eigenvalue weighted by molar-refractivity contribution is -0.267. The first-order valence-corrected chi connectivity index (χ1v) is 5.63. The average molecular weight is 288 g/mol. The second kappa shape index (κ2) is 4.79. The second-order valence-corrected chi connectivity index (χ2v) is 4.60. The number of thiazole rings is 1. The minimum atomic E-state index is -5.92. The Hall–Kier alpha value is -1.25. The van der Waals surface area contributed by atoms with Gasteiger partial charge in [0.1, 0.15) is 0 Å². The van der Waals surface area contributed by atoms with E-state index in [-0.39, 0.29) is 5.13 Å². The van der Waals surface area contributed by atoms with Gasteiger partial charge in [-0.05, 0) is 13.3 Å². The minimum Gasteiger partial charge on any atom is -0.296 e. The molecule has 18 heavy (non-hydrogen) atoms. The Bertz CT molecular complexity index is 454. The summed E-state index contributed by atoms with van der Waals surface area (Å²) < 4.78 is 61.0. The fourth-order valence-electron chi connectivity index (χ4n) is 1.11. The van der Waals surface area contributed by atoms with Crippen LogP contribution in [0.25, 0.3) is 0 Å². The number of hydrogen-bond acceptors (Lipinski definition) is 3. The Balaban J connectivity index is 2.88. The summed E-state index contributed by atoms with van der Waals surface area (Å²) in [7, 11) is 0. The first kappa shape index (κ1) is 14.8. The molecule has 1 heterocycles. The Kier molecular flexibility index (Phi) is 3.94. The summed E-state index contributed by atoms with van der Waals surface area (Å²) >= 11 is 0.850. The molecular weight excluding hydrogens is 279 g/mol. The monoisotopic (exact) mass is 288 g/mol. The van der Waals surface area contributed by atoms with Crippen molar-refractivity contribution in [1.82, 2.24) is 4.98 Å². The zero-order valence-electron chi connectivity index (χ0n) is 9.36. The molecule has 0 aromatic carbocycles. The summed E-state index contributed by atoms with van der Waals surface area (Å²) in [5.41, 5.74) is 0.547. The molecule has 1 N–H and O–H groups in total. The molecule has 0 aliphatic carbocycles. The smallest absolute Gasteiger partial charge is 0.296 e. The van der Waals surface area contributed by atoms with Gasteiger partial charge in [-0.2, -0.15) is 22.0 Å². The number of amides is 1. The number of aryl methyl sites for hydroxylation is 2. The van der Waals surface area contributed by atoms with Crippen molar-refractivity contribution in [2.24, 2.45) is 0 Å². The highest BCUT2D eigenvalue weighted by atomic mass is 32.1. The molecule has 0 unspecified atom stereocenters. The lowest BCUT2D eigenvalue weighted by atomic mass is 10.3. The summed E-state index contributed by atoms with van der Waals surface area (Å²) in [6.45, 7) is 3.38. The number of alkyl halides is 5. The van der Waals surface area contributed by atoms with Crippen LogP contribution in [0.5, 0.6) is 0 Å². The Labute approximate surface area is 103 Å². The molecule has 0 bridgehead atoms. The number of rotatable bonds is 3. The zero-order chi connectivity index (χ0) is 14.1. The highest BCUT2D eigenvalue weighted by molar-refractivity contribution is 7.15. The van der Waals surface area contributed by atoms with E-state index >= 15 is 0 Å². The van der Waals surface area contributed by atoms with Crippen LogP contribution >= 0.6 is 11.3 Å². The Morgan fingerprint density at radius 1 is 1.33 bits per heavy atom. The summed E-state index contributed by atoms with van der Waals surface area (Å²) in [5.74, 6) is -7.86. The number of halogens is 5. The number of hydrogen-bond donors (Lipinski definition) is 1. The van der Waals surface area contributed by atoms with Gasteiger partial charge >= 0.3 is 18.0 Å². The molecule has 0 fully saturated rings. The third-order valence-corrected chi connectivity index (χ3v) is 3.02. The lowest BCUT2D eigenvalue weighted by Crippen LogP contribution is -2.47. The van der Waals surface area contributed by atoms with Gasteiger partial charge in [-0.1, -0.05) is 6.92 Å². The molecule has 1 rings (SSSR count). The van der Waals surface area contributed by atoms with Gasteiger partial charge in [0.15, 0.2) is 5.13 Å². The predicted octanol–water partition coefficient (Wildman–Crippen LogP) is 3.15. The number of nitrogens with one attached hydrogen (secondary N) is 1. The van der Waals surface area contributed by atoms with Crippen molar-refractivity contribution in [3.05, 3.63) is 10.6 Å².